The smallest absolute Gasteiger partial charge is 0.223 e. The van der Waals surface area contributed by atoms with Gasteiger partial charge >= 0.3 is 0 Å². The van der Waals surface area contributed by atoms with Crippen LogP contribution in [0, 0.1) is 24.2 Å². The van der Waals surface area contributed by atoms with Gasteiger partial charge in [-0.3, -0.25) is 9.59 Å². The Morgan fingerprint density at radius 1 is 1.24 bits per heavy atom. The summed E-state index contributed by atoms with van der Waals surface area (Å²) in [7, 11) is 0. The maximum absolute atomic E-state index is 13.6. The monoisotopic (exact) mass is 510 g/mol. The number of hydrogen-bond donors (Lipinski definition) is 3. The molecule has 0 spiro atoms. The van der Waals surface area contributed by atoms with Crippen molar-refractivity contribution in [1.82, 2.24) is 10.3 Å². The van der Waals surface area contributed by atoms with Crippen molar-refractivity contribution in [3.05, 3.63) is 54.0 Å². The number of hydrogen-bond acceptors (Lipinski definition) is 6. The normalized spacial score (nSPS) is 29.9. The van der Waals surface area contributed by atoms with Crippen molar-refractivity contribution in [3.8, 4) is 0 Å². The molecule has 3 N–H and O–H groups in total. The number of oxazole rings is 1. The lowest BCUT2D eigenvalue weighted by Gasteiger charge is -2.35. The molecule has 2 aromatic rings. The van der Waals surface area contributed by atoms with E-state index >= 15 is 0 Å². The minimum Gasteiger partial charge on any atom is -0.441 e. The molecule has 7 heteroatoms. The number of ketones is 1. The molecule has 1 amide bonds. The second-order valence-corrected chi connectivity index (χ2v) is 11.2. The van der Waals surface area contributed by atoms with Gasteiger partial charge in [0.2, 0.25) is 5.91 Å². The summed E-state index contributed by atoms with van der Waals surface area (Å²) in [6.45, 7) is 12.9. The van der Waals surface area contributed by atoms with Gasteiger partial charge in [0.1, 0.15) is 11.3 Å². The average Bonchev–Trinajstić information content (AvgIpc) is 3.22. The van der Waals surface area contributed by atoms with Crippen LogP contribution in [0.1, 0.15) is 83.7 Å². The number of Topliss-reactive ketones (excluding diaryl/α,β-unsaturated/α-hetero) is 1. The maximum Gasteiger partial charge on any atom is 0.223 e. The highest BCUT2D eigenvalue weighted by Gasteiger charge is 2.43. The summed E-state index contributed by atoms with van der Waals surface area (Å²) < 4.78 is 5.60. The Labute approximate surface area is 220 Å². The van der Waals surface area contributed by atoms with Crippen molar-refractivity contribution < 1.29 is 24.2 Å². The van der Waals surface area contributed by atoms with E-state index in [-0.39, 0.29) is 30.1 Å². The fourth-order valence-corrected chi connectivity index (χ4v) is 5.15. The summed E-state index contributed by atoms with van der Waals surface area (Å²) in [5, 5.41) is 25.2. The topological polar surface area (TPSA) is 113 Å². The molecular weight excluding hydrogens is 468 g/mol. The number of carbonyl (C=O) groups is 2. The van der Waals surface area contributed by atoms with E-state index in [4.69, 9.17) is 4.42 Å². The van der Waals surface area contributed by atoms with Gasteiger partial charge in [-0.1, -0.05) is 44.6 Å². The number of fused-ring (bicyclic) bond motifs is 1. The van der Waals surface area contributed by atoms with Gasteiger partial charge in [0.15, 0.2) is 11.5 Å². The van der Waals surface area contributed by atoms with E-state index in [9.17, 15) is 19.8 Å². The van der Waals surface area contributed by atoms with Crippen LogP contribution in [0.15, 0.2) is 46.9 Å². The highest BCUT2D eigenvalue weighted by Crippen LogP contribution is 2.34. The van der Waals surface area contributed by atoms with Gasteiger partial charge in [-0.15, -0.1) is 6.58 Å². The fraction of sp³-hybridized carbons (Fsp3) is 0.567. The number of nitrogens with one attached hydrogen (secondary N) is 1. The number of nitrogens with zero attached hydrogens (tertiary/aromatic N) is 1. The van der Waals surface area contributed by atoms with E-state index in [1.807, 2.05) is 25.1 Å². The van der Waals surface area contributed by atoms with Crippen LogP contribution in [0.25, 0.3) is 11.1 Å². The quantitative estimate of drug-likeness (QED) is 0.480. The molecule has 0 bridgehead atoms. The number of benzene rings is 1. The van der Waals surface area contributed by atoms with Gasteiger partial charge in [0.25, 0.3) is 0 Å². The van der Waals surface area contributed by atoms with E-state index < -0.39 is 23.5 Å². The number of amides is 1. The molecular formula is C30H42N2O5. The van der Waals surface area contributed by atoms with Crippen molar-refractivity contribution in [3.63, 3.8) is 0 Å². The third kappa shape index (κ3) is 6.96. The van der Waals surface area contributed by atoms with Gasteiger partial charge in [-0.25, -0.2) is 4.98 Å². The highest BCUT2D eigenvalue weighted by molar-refractivity contribution is 5.88. The Bertz CT molecular complexity index is 1150. The number of aliphatic hydroxyl groups excluding tert-OH is 2. The number of carbonyl (C=O) groups excluding carboxylic acids is 2. The summed E-state index contributed by atoms with van der Waals surface area (Å²) in [6.07, 6.45) is 4.91. The molecule has 3 rings (SSSR count). The third-order valence-corrected chi connectivity index (χ3v) is 7.79. The molecule has 0 saturated carbocycles. The van der Waals surface area contributed by atoms with E-state index in [0.717, 1.165) is 30.3 Å². The number of aromatic nitrogens is 1. The van der Waals surface area contributed by atoms with Gasteiger partial charge in [-0.05, 0) is 62.6 Å². The van der Waals surface area contributed by atoms with Crippen LogP contribution in [-0.4, -0.2) is 39.1 Å². The lowest BCUT2D eigenvalue weighted by atomic mass is 9.71. The predicted molar refractivity (Wildman–Crippen MR) is 145 cm³/mol. The number of aliphatic hydroxyl groups is 2. The van der Waals surface area contributed by atoms with Crippen molar-refractivity contribution >= 4 is 22.8 Å². The van der Waals surface area contributed by atoms with E-state index in [2.05, 4.69) is 29.9 Å². The Morgan fingerprint density at radius 2 is 1.97 bits per heavy atom. The van der Waals surface area contributed by atoms with Crippen LogP contribution in [0.3, 0.4) is 0 Å². The first-order valence-electron chi connectivity index (χ1n) is 13.3. The summed E-state index contributed by atoms with van der Waals surface area (Å²) in [5.74, 6) is -0.791. The number of rotatable bonds is 3. The fourth-order valence-electron chi connectivity index (χ4n) is 5.15. The molecule has 2 heterocycles. The second-order valence-electron chi connectivity index (χ2n) is 11.2. The van der Waals surface area contributed by atoms with E-state index in [1.54, 1.807) is 26.8 Å². The minimum absolute atomic E-state index is 0.0868. The molecule has 0 radical (unpaired) electrons. The van der Waals surface area contributed by atoms with Crippen LogP contribution in [-0.2, 0) is 9.59 Å². The van der Waals surface area contributed by atoms with Crippen LogP contribution < -0.4 is 5.32 Å². The molecule has 1 aliphatic heterocycles. The first-order valence-corrected chi connectivity index (χ1v) is 13.3. The Balaban J connectivity index is 1.93. The van der Waals surface area contributed by atoms with Crippen LogP contribution in [0.2, 0.25) is 0 Å². The van der Waals surface area contributed by atoms with Gasteiger partial charge in [0, 0.05) is 12.8 Å². The zero-order valence-electron chi connectivity index (χ0n) is 22.8. The zero-order chi connectivity index (χ0) is 27.3. The van der Waals surface area contributed by atoms with E-state index in [0.29, 0.717) is 24.3 Å². The summed E-state index contributed by atoms with van der Waals surface area (Å²) in [4.78, 5) is 31.1. The molecule has 0 fully saturated rings. The third-order valence-electron chi connectivity index (χ3n) is 7.79. The zero-order valence-corrected chi connectivity index (χ0v) is 22.8. The SMILES string of the molecule is C=CC[C@H]1C(=O)C(C)(C)[C@@H](O)CC(=O)N[C@@H](c2ccc3oc(C)nc3c2)C/C=C(/C)CCC[C@H](C)[C@@H]1O. The van der Waals surface area contributed by atoms with Gasteiger partial charge < -0.3 is 19.9 Å². The van der Waals surface area contributed by atoms with Crippen molar-refractivity contribution in [2.24, 2.45) is 17.3 Å². The number of aryl methyl sites for hydroxylation is 1. The van der Waals surface area contributed by atoms with Gasteiger partial charge in [-0.2, -0.15) is 0 Å². The Hall–Kier alpha value is -2.77. The molecule has 1 aromatic carbocycles. The Morgan fingerprint density at radius 3 is 2.68 bits per heavy atom. The number of allylic oxidation sites excluding steroid dienone is 2. The first-order chi connectivity index (χ1) is 17.4. The average molecular weight is 511 g/mol. The van der Waals surface area contributed by atoms with E-state index in [1.165, 1.54) is 5.57 Å². The second kappa shape index (κ2) is 12.2. The van der Waals surface area contributed by atoms with Crippen LogP contribution in [0.5, 0.6) is 0 Å². The van der Waals surface area contributed by atoms with Crippen molar-refractivity contribution in [1.29, 1.82) is 0 Å². The largest absolute Gasteiger partial charge is 0.441 e. The molecule has 0 saturated heterocycles. The lowest BCUT2D eigenvalue weighted by Crippen LogP contribution is -2.47. The molecule has 1 aromatic heterocycles. The lowest BCUT2D eigenvalue weighted by molar-refractivity contribution is -0.144. The molecule has 0 aliphatic carbocycles. The molecule has 1 aliphatic rings. The molecule has 5 atom stereocenters. The van der Waals surface area contributed by atoms with Crippen LogP contribution in [0.4, 0.5) is 0 Å². The molecule has 7 nitrogen and oxygen atoms in total. The summed E-state index contributed by atoms with van der Waals surface area (Å²) >= 11 is 0. The standard InChI is InChI=1S/C30H42N2O5/c1-7-9-22-28(35)19(3)11-8-10-18(2)12-14-23(21-13-15-25-24(16-21)31-20(4)37-25)32-27(34)17-26(33)30(5,6)29(22)36/h7,12-13,15-16,19,22-23,26,28,33,35H,1,8-11,14,17H2,2-6H3,(H,32,34)/b18-12-/t19-,22+,23+,26-,28-/m0/s1. The maximum atomic E-state index is 13.6. The predicted octanol–water partition coefficient (Wildman–Crippen LogP) is 5.35. The van der Waals surface area contributed by atoms with Crippen molar-refractivity contribution in [2.45, 2.75) is 91.4 Å². The summed E-state index contributed by atoms with van der Waals surface area (Å²) in [6, 6.07) is 5.38. The van der Waals surface area contributed by atoms with Crippen LogP contribution >= 0.6 is 0 Å². The first kappa shape index (κ1) is 28.8. The highest BCUT2D eigenvalue weighted by atomic mass is 16.3. The molecule has 0 unspecified atom stereocenters. The molecule has 202 valence electrons. The summed E-state index contributed by atoms with van der Waals surface area (Å²) in [5.41, 5.74) is 2.29. The minimum atomic E-state index is -1.22. The molecule has 37 heavy (non-hydrogen) atoms. The van der Waals surface area contributed by atoms with Gasteiger partial charge in [0.05, 0.1) is 30.1 Å². The Kier molecular flexibility index (Phi) is 9.48. The van der Waals surface area contributed by atoms with Crippen molar-refractivity contribution in [2.75, 3.05) is 0 Å².